The normalized spacial score (nSPS) is 35.3. The largest absolute Gasteiger partial charge is 0.487 e. The molecule has 0 saturated heterocycles. The van der Waals surface area contributed by atoms with E-state index >= 15 is 0 Å². The predicted octanol–water partition coefficient (Wildman–Crippen LogP) is 5.08. The molecule has 21 heavy (non-hydrogen) atoms. The van der Waals surface area contributed by atoms with Gasteiger partial charge in [0.25, 0.3) is 0 Å². The van der Waals surface area contributed by atoms with Crippen molar-refractivity contribution in [2.45, 2.75) is 58.1 Å². The lowest BCUT2D eigenvalue weighted by atomic mass is 9.69. The van der Waals surface area contributed by atoms with Crippen LogP contribution in [0.15, 0.2) is 22.7 Å². The van der Waals surface area contributed by atoms with Crippen molar-refractivity contribution < 1.29 is 4.74 Å². The lowest BCUT2D eigenvalue weighted by Gasteiger charge is -2.48. The fourth-order valence-corrected chi connectivity index (χ4v) is 4.91. The maximum atomic E-state index is 6.57. The molecule has 2 aliphatic rings. The lowest BCUT2D eigenvalue weighted by molar-refractivity contribution is -0.0346. The first kappa shape index (κ1) is 15.4. The molecular weight excluding hydrogens is 326 g/mol. The van der Waals surface area contributed by atoms with Gasteiger partial charge in [-0.3, -0.25) is 0 Å². The third-order valence-corrected chi connectivity index (χ3v) is 5.44. The summed E-state index contributed by atoms with van der Waals surface area (Å²) in [5.74, 6) is 2.60. The monoisotopic (exact) mass is 351 g/mol. The van der Waals surface area contributed by atoms with Crippen molar-refractivity contribution in [3.05, 3.63) is 28.2 Å². The summed E-state index contributed by atoms with van der Waals surface area (Å²) >= 11 is 3.59. The van der Waals surface area contributed by atoms with E-state index in [0.717, 1.165) is 35.0 Å². The van der Waals surface area contributed by atoms with Gasteiger partial charge in [0.05, 0.1) is 0 Å². The highest BCUT2D eigenvalue weighted by molar-refractivity contribution is 9.10. The van der Waals surface area contributed by atoms with Crippen LogP contribution in [0.5, 0.6) is 5.75 Å². The second-order valence-corrected chi connectivity index (χ2v) is 8.05. The Balaban J connectivity index is 1.95. The first-order chi connectivity index (χ1) is 10.0. The molecule has 1 spiro atoms. The molecule has 2 nitrogen and oxygen atoms in total. The van der Waals surface area contributed by atoms with Crippen molar-refractivity contribution in [1.29, 1.82) is 0 Å². The lowest BCUT2D eigenvalue weighted by Crippen LogP contribution is -2.48. The van der Waals surface area contributed by atoms with Crippen LogP contribution in [-0.4, -0.2) is 12.1 Å². The Kier molecular flexibility index (Phi) is 4.33. The van der Waals surface area contributed by atoms with Gasteiger partial charge in [0.1, 0.15) is 11.4 Å². The minimum absolute atomic E-state index is 0.0325. The van der Waals surface area contributed by atoms with E-state index in [1.165, 1.54) is 24.8 Å². The standard InChI is InChI=1S/C18H26BrNO/c1-4-20-16-11-18(9-12(2)7-13(3)10-18)21-17-6-5-14(19)8-15(16)17/h5-6,8,12-13,16,20H,4,7,9-11H2,1-3H3. The fourth-order valence-electron chi connectivity index (χ4n) is 4.53. The van der Waals surface area contributed by atoms with Gasteiger partial charge in [0, 0.05) is 22.5 Å². The first-order valence-corrected chi connectivity index (χ1v) is 9.02. The van der Waals surface area contributed by atoms with E-state index in [-0.39, 0.29) is 5.60 Å². The van der Waals surface area contributed by atoms with Crippen LogP contribution in [0.1, 0.15) is 58.1 Å². The Labute approximate surface area is 136 Å². The average molecular weight is 352 g/mol. The van der Waals surface area contributed by atoms with Gasteiger partial charge in [-0.25, -0.2) is 0 Å². The quantitative estimate of drug-likeness (QED) is 0.802. The van der Waals surface area contributed by atoms with Crippen molar-refractivity contribution in [2.75, 3.05) is 6.54 Å². The van der Waals surface area contributed by atoms with Crippen molar-refractivity contribution in [2.24, 2.45) is 11.8 Å². The van der Waals surface area contributed by atoms with Crippen LogP contribution in [0.2, 0.25) is 0 Å². The zero-order valence-electron chi connectivity index (χ0n) is 13.3. The highest BCUT2D eigenvalue weighted by atomic mass is 79.9. The number of hydrogen-bond acceptors (Lipinski definition) is 2. The second-order valence-electron chi connectivity index (χ2n) is 7.14. The minimum atomic E-state index is 0.0325. The Morgan fingerprint density at radius 2 is 1.95 bits per heavy atom. The van der Waals surface area contributed by atoms with Crippen LogP contribution >= 0.6 is 15.9 Å². The van der Waals surface area contributed by atoms with E-state index in [2.05, 4.69) is 60.2 Å². The van der Waals surface area contributed by atoms with E-state index < -0.39 is 0 Å². The number of benzene rings is 1. The number of hydrogen-bond donors (Lipinski definition) is 1. The van der Waals surface area contributed by atoms with Gasteiger partial charge in [0.2, 0.25) is 0 Å². The summed E-state index contributed by atoms with van der Waals surface area (Å²) in [4.78, 5) is 0. The van der Waals surface area contributed by atoms with Gasteiger partial charge in [-0.1, -0.05) is 36.7 Å². The molecule has 3 rings (SSSR count). The Morgan fingerprint density at radius 1 is 1.24 bits per heavy atom. The third kappa shape index (κ3) is 3.14. The van der Waals surface area contributed by atoms with Crippen molar-refractivity contribution in [3.63, 3.8) is 0 Å². The van der Waals surface area contributed by atoms with Gasteiger partial charge < -0.3 is 10.1 Å². The summed E-state index contributed by atoms with van der Waals surface area (Å²) in [6.07, 6.45) is 4.81. The van der Waals surface area contributed by atoms with Crippen LogP contribution in [0.25, 0.3) is 0 Å². The molecule has 0 amide bonds. The van der Waals surface area contributed by atoms with E-state index in [1.807, 2.05) is 0 Å². The molecule has 3 heteroatoms. The molecule has 1 N–H and O–H groups in total. The van der Waals surface area contributed by atoms with E-state index in [0.29, 0.717) is 6.04 Å². The molecule has 0 radical (unpaired) electrons. The van der Waals surface area contributed by atoms with Crippen molar-refractivity contribution in [3.8, 4) is 5.75 Å². The first-order valence-electron chi connectivity index (χ1n) is 8.23. The van der Waals surface area contributed by atoms with E-state index in [1.54, 1.807) is 0 Å². The van der Waals surface area contributed by atoms with Crippen molar-refractivity contribution in [1.82, 2.24) is 5.32 Å². The molecule has 1 aromatic rings. The van der Waals surface area contributed by atoms with Crippen LogP contribution < -0.4 is 10.1 Å². The Morgan fingerprint density at radius 3 is 2.62 bits per heavy atom. The number of nitrogens with one attached hydrogen (secondary N) is 1. The smallest absolute Gasteiger partial charge is 0.125 e. The Bertz CT molecular complexity index is 506. The molecule has 0 aromatic heterocycles. The molecule has 3 unspecified atom stereocenters. The molecule has 1 saturated carbocycles. The molecule has 0 bridgehead atoms. The van der Waals surface area contributed by atoms with Gasteiger partial charge in [0.15, 0.2) is 0 Å². The number of halogens is 1. The summed E-state index contributed by atoms with van der Waals surface area (Å²) in [7, 11) is 0. The summed E-state index contributed by atoms with van der Waals surface area (Å²) in [6, 6.07) is 6.85. The molecule has 1 fully saturated rings. The summed E-state index contributed by atoms with van der Waals surface area (Å²) in [5.41, 5.74) is 1.34. The highest BCUT2D eigenvalue weighted by Crippen LogP contribution is 2.49. The summed E-state index contributed by atoms with van der Waals surface area (Å²) in [5, 5.41) is 3.67. The van der Waals surface area contributed by atoms with Crippen LogP contribution in [0.3, 0.4) is 0 Å². The van der Waals surface area contributed by atoms with Gasteiger partial charge in [-0.05, 0) is 55.8 Å². The Hall–Kier alpha value is -0.540. The second kappa shape index (κ2) is 5.92. The summed E-state index contributed by atoms with van der Waals surface area (Å²) in [6.45, 7) is 7.93. The SMILES string of the molecule is CCNC1CC2(CC(C)CC(C)C2)Oc2ccc(Br)cc21. The van der Waals surface area contributed by atoms with Gasteiger partial charge >= 0.3 is 0 Å². The summed E-state index contributed by atoms with van der Waals surface area (Å²) < 4.78 is 7.71. The predicted molar refractivity (Wildman–Crippen MR) is 90.7 cm³/mol. The average Bonchev–Trinajstić information content (AvgIpc) is 2.38. The molecule has 3 atom stereocenters. The maximum absolute atomic E-state index is 6.57. The van der Waals surface area contributed by atoms with Crippen molar-refractivity contribution >= 4 is 15.9 Å². The molecule has 1 aromatic carbocycles. The van der Waals surface area contributed by atoms with E-state index in [9.17, 15) is 0 Å². The fraction of sp³-hybridized carbons (Fsp3) is 0.667. The van der Waals surface area contributed by atoms with Crippen LogP contribution in [0, 0.1) is 11.8 Å². The third-order valence-electron chi connectivity index (χ3n) is 4.95. The highest BCUT2D eigenvalue weighted by Gasteiger charge is 2.45. The van der Waals surface area contributed by atoms with Gasteiger partial charge in [-0.2, -0.15) is 0 Å². The van der Waals surface area contributed by atoms with Crippen LogP contribution in [-0.2, 0) is 0 Å². The molecular formula is C18H26BrNO. The molecule has 116 valence electrons. The minimum Gasteiger partial charge on any atom is -0.487 e. The van der Waals surface area contributed by atoms with Crippen LogP contribution in [0.4, 0.5) is 0 Å². The number of rotatable bonds is 2. The zero-order chi connectivity index (χ0) is 15.0. The molecule has 1 aliphatic heterocycles. The maximum Gasteiger partial charge on any atom is 0.125 e. The molecule has 1 aliphatic carbocycles. The van der Waals surface area contributed by atoms with E-state index in [4.69, 9.17) is 4.74 Å². The zero-order valence-corrected chi connectivity index (χ0v) is 14.9. The number of fused-ring (bicyclic) bond motifs is 1. The molecule has 1 heterocycles. The number of ether oxygens (including phenoxy) is 1. The van der Waals surface area contributed by atoms with Gasteiger partial charge in [-0.15, -0.1) is 0 Å². The topological polar surface area (TPSA) is 21.3 Å².